The summed E-state index contributed by atoms with van der Waals surface area (Å²) in [6.45, 7) is 2.13. The van der Waals surface area contributed by atoms with Gasteiger partial charge in [-0.15, -0.1) is 10.2 Å². The third-order valence-corrected chi connectivity index (χ3v) is 5.87. The summed E-state index contributed by atoms with van der Waals surface area (Å²) in [6.07, 6.45) is 3.81. The van der Waals surface area contributed by atoms with Crippen LogP contribution >= 0.6 is 11.8 Å². The molecule has 28 heavy (non-hydrogen) atoms. The van der Waals surface area contributed by atoms with Crippen LogP contribution in [-0.4, -0.2) is 25.5 Å². The Morgan fingerprint density at radius 2 is 2.04 bits per heavy atom. The number of benzene rings is 2. The number of hydrogen-bond acceptors (Lipinski definition) is 5. The molecule has 0 aliphatic carbocycles. The first-order valence-corrected chi connectivity index (χ1v) is 9.95. The standard InChI is InChI=1S/C22H20N4OS/c1-15(28-22-25-24-14-26(22)2)18-6-3-5-16(11-18)12-21(27)19-9-8-17-7-4-10-23-20(17)13-19/h3-11,13-15H,12H2,1-2H3. The molecule has 0 saturated heterocycles. The lowest BCUT2D eigenvalue weighted by Gasteiger charge is -2.12. The molecule has 0 fully saturated rings. The van der Waals surface area contributed by atoms with Crippen LogP contribution in [0.1, 0.15) is 33.7 Å². The molecule has 0 radical (unpaired) electrons. The van der Waals surface area contributed by atoms with E-state index in [2.05, 4.69) is 34.2 Å². The molecule has 4 aromatic rings. The summed E-state index contributed by atoms with van der Waals surface area (Å²) >= 11 is 1.65. The molecule has 6 heteroatoms. The van der Waals surface area contributed by atoms with E-state index in [9.17, 15) is 4.79 Å². The van der Waals surface area contributed by atoms with Crippen molar-refractivity contribution in [1.29, 1.82) is 0 Å². The average molecular weight is 388 g/mol. The number of pyridine rings is 1. The van der Waals surface area contributed by atoms with Gasteiger partial charge in [0.2, 0.25) is 0 Å². The minimum absolute atomic E-state index is 0.0957. The molecule has 0 bridgehead atoms. The second kappa shape index (κ2) is 7.94. The Hall–Kier alpha value is -2.99. The number of nitrogens with zero attached hydrogens (tertiary/aromatic N) is 4. The van der Waals surface area contributed by atoms with Gasteiger partial charge in [-0.25, -0.2) is 0 Å². The SMILES string of the molecule is CC(Sc1nncn1C)c1cccc(CC(=O)c2ccc3cccnc3c2)c1. The van der Waals surface area contributed by atoms with Gasteiger partial charge >= 0.3 is 0 Å². The highest BCUT2D eigenvalue weighted by Gasteiger charge is 2.13. The van der Waals surface area contributed by atoms with Gasteiger partial charge in [0.15, 0.2) is 10.9 Å². The third kappa shape index (κ3) is 3.97. The lowest BCUT2D eigenvalue weighted by Crippen LogP contribution is -2.04. The molecule has 0 amide bonds. The number of carbonyl (C=O) groups excluding carboxylic acids is 1. The Labute approximate surface area is 167 Å². The van der Waals surface area contributed by atoms with E-state index >= 15 is 0 Å². The summed E-state index contributed by atoms with van der Waals surface area (Å²) in [6, 6.07) is 17.8. The van der Waals surface area contributed by atoms with Gasteiger partial charge in [0.1, 0.15) is 6.33 Å². The molecule has 2 aromatic carbocycles. The summed E-state index contributed by atoms with van der Waals surface area (Å²) < 4.78 is 1.91. The molecule has 0 aliphatic rings. The predicted molar refractivity (Wildman–Crippen MR) is 111 cm³/mol. The quantitative estimate of drug-likeness (QED) is 0.356. The Morgan fingerprint density at radius 3 is 2.86 bits per heavy atom. The number of fused-ring (bicyclic) bond motifs is 1. The first-order chi connectivity index (χ1) is 13.6. The summed E-state index contributed by atoms with van der Waals surface area (Å²) in [5, 5.41) is 10.2. The van der Waals surface area contributed by atoms with Gasteiger partial charge in [-0.1, -0.05) is 54.2 Å². The molecule has 140 valence electrons. The molecule has 4 rings (SSSR count). The van der Waals surface area contributed by atoms with Gasteiger partial charge in [0.05, 0.1) is 5.52 Å². The number of aryl methyl sites for hydroxylation is 1. The minimum Gasteiger partial charge on any atom is -0.312 e. The minimum atomic E-state index is 0.0957. The van der Waals surface area contributed by atoms with Gasteiger partial charge in [0.25, 0.3) is 0 Å². The molecule has 5 nitrogen and oxygen atoms in total. The molecular weight excluding hydrogens is 368 g/mol. The third-order valence-electron chi connectivity index (χ3n) is 4.67. The van der Waals surface area contributed by atoms with E-state index in [0.717, 1.165) is 21.6 Å². The molecule has 2 heterocycles. The smallest absolute Gasteiger partial charge is 0.191 e. The molecule has 1 atom stereocenters. The van der Waals surface area contributed by atoms with Crippen molar-refractivity contribution in [3.8, 4) is 0 Å². The first kappa shape index (κ1) is 18.4. The summed E-state index contributed by atoms with van der Waals surface area (Å²) in [5.41, 5.74) is 3.71. The van der Waals surface area contributed by atoms with Crippen molar-refractivity contribution in [2.75, 3.05) is 0 Å². The van der Waals surface area contributed by atoms with Crippen LogP contribution in [0.25, 0.3) is 10.9 Å². The van der Waals surface area contributed by atoms with Crippen molar-refractivity contribution >= 4 is 28.4 Å². The number of ketones is 1. The maximum atomic E-state index is 12.8. The summed E-state index contributed by atoms with van der Waals surface area (Å²) in [4.78, 5) is 17.1. The molecule has 0 spiro atoms. The Bertz CT molecular complexity index is 1140. The fraction of sp³-hybridized carbons (Fsp3) is 0.182. The Balaban J connectivity index is 1.50. The zero-order chi connectivity index (χ0) is 19.5. The van der Waals surface area contributed by atoms with E-state index in [-0.39, 0.29) is 11.0 Å². The largest absolute Gasteiger partial charge is 0.312 e. The predicted octanol–water partition coefficient (Wildman–Crippen LogP) is 4.64. The van der Waals surface area contributed by atoms with E-state index in [1.165, 1.54) is 5.56 Å². The zero-order valence-electron chi connectivity index (χ0n) is 15.7. The highest BCUT2D eigenvalue weighted by atomic mass is 32.2. The number of carbonyl (C=O) groups is 1. The van der Waals surface area contributed by atoms with E-state index in [1.54, 1.807) is 24.3 Å². The summed E-state index contributed by atoms with van der Waals surface area (Å²) in [7, 11) is 1.93. The number of thioether (sulfide) groups is 1. The maximum Gasteiger partial charge on any atom is 0.191 e. The van der Waals surface area contributed by atoms with Crippen LogP contribution in [0.3, 0.4) is 0 Å². The van der Waals surface area contributed by atoms with Crippen LogP contribution in [0.2, 0.25) is 0 Å². The molecule has 0 saturated carbocycles. The summed E-state index contributed by atoms with van der Waals surface area (Å²) in [5.74, 6) is 0.0957. The molecule has 0 aliphatic heterocycles. The monoisotopic (exact) mass is 388 g/mol. The van der Waals surface area contributed by atoms with Crippen molar-refractivity contribution in [1.82, 2.24) is 19.7 Å². The number of hydrogen-bond donors (Lipinski definition) is 0. The molecule has 1 unspecified atom stereocenters. The van der Waals surface area contributed by atoms with E-state index in [1.807, 2.05) is 54.1 Å². The number of aromatic nitrogens is 4. The van der Waals surface area contributed by atoms with Crippen molar-refractivity contribution in [3.05, 3.63) is 83.8 Å². The van der Waals surface area contributed by atoms with E-state index < -0.39 is 0 Å². The molecule has 2 aromatic heterocycles. The fourth-order valence-corrected chi connectivity index (χ4v) is 4.00. The molecule has 0 N–H and O–H groups in total. The van der Waals surface area contributed by atoms with Crippen molar-refractivity contribution in [2.45, 2.75) is 23.8 Å². The average Bonchev–Trinajstić information content (AvgIpc) is 3.12. The van der Waals surface area contributed by atoms with Crippen LogP contribution in [0.15, 0.2) is 72.3 Å². The topological polar surface area (TPSA) is 60.7 Å². The van der Waals surface area contributed by atoms with Crippen LogP contribution in [-0.2, 0) is 13.5 Å². The van der Waals surface area contributed by atoms with E-state index in [0.29, 0.717) is 12.0 Å². The zero-order valence-corrected chi connectivity index (χ0v) is 16.6. The highest BCUT2D eigenvalue weighted by Crippen LogP contribution is 2.33. The fourth-order valence-electron chi connectivity index (χ4n) is 3.09. The first-order valence-electron chi connectivity index (χ1n) is 9.07. The van der Waals surface area contributed by atoms with Crippen LogP contribution in [0.5, 0.6) is 0 Å². The van der Waals surface area contributed by atoms with Crippen LogP contribution in [0.4, 0.5) is 0 Å². The van der Waals surface area contributed by atoms with Gasteiger partial charge < -0.3 is 4.57 Å². The van der Waals surface area contributed by atoms with Crippen molar-refractivity contribution < 1.29 is 4.79 Å². The van der Waals surface area contributed by atoms with Crippen molar-refractivity contribution in [3.63, 3.8) is 0 Å². The van der Waals surface area contributed by atoms with Gasteiger partial charge in [-0.05, 0) is 30.2 Å². The second-order valence-electron chi connectivity index (χ2n) is 6.74. The van der Waals surface area contributed by atoms with Gasteiger partial charge in [0, 0.05) is 35.9 Å². The second-order valence-corrected chi connectivity index (χ2v) is 8.05. The number of Topliss-reactive ketones (excluding diaryl/α,β-unsaturated/α-hetero) is 1. The normalized spacial score (nSPS) is 12.2. The van der Waals surface area contributed by atoms with Gasteiger partial charge in [-0.3, -0.25) is 9.78 Å². The highest BCUT2D eigenvalue weighted by molar-refractivity contribution is 7.99. The lowest BCUT2D eigenvalue weighted by molar-refractivity contribution is 0.0993. The van der Waals surface area contributed by atoms with Crippen LogP contribution < -0.4 is 0 Å². The number of rotatable bonds is 6. The maximum absolute atomic E-state index is 12.8. The van der Waals surface area contributed by atoms with Gasteiger partial charge in [-0.2, -0.15) is 0 Å². The Morgan fingerprint density at radius 1 is 1.14 bits per heavy atom. The van der Waals surface area contributed by atoms with Crippen LogP contribution in [0, 0.1) is 0 Å². The van der Waals surface area contributed by atoms with Crippen molar-refractivity contribution in [2.24, 2.45) is 7.05 Å². The molecular formula is C22H20N4OS. The van der Waals surface area contributed by atoms with E-state index in [4.69, 9.17) is 0 Å². The Kier molecular flexibility index (Phi) is 5.21. The lowest BCUT2D eigenvalue weighted by atomic mass is 10.00.